The van der Waals surface area contributed by atoms with E-state index in [0.29, 0.717) is 6.61 Å². The molecule has 10 nitrogen and oxygen atoms in total. The van der Waals surface area contributed by atoms with Gasteiger partial charge in [-0.05, 0) is 38.8 Å². The van der Waals surface area contributed by atoms with Gasteiger partial charge in [0.05, 0.1) is 6.61 Å². The number of hydrogen-bond donors (Lipinski definition) is 1. The van der Waals surface area contributed by atoms with E-state index in [1.165, 1.54) is 0 Å². The molecule has 0 saturated carbocycles. The van der Waals surface area contributed by atoms with E-state index in [4.69, 9.17) is 33.2 Å². The fraction of sp³-hybridized carbons (Fsp3) is 0.517. The molecule has 6 atom stereocenters. The number of carbonyl (C=O) groups excluding carboxylic acids is 2. The summed E-state index contributed by atoms with van der Waals surface area (Å²) in [7, 11) is 0. The van der Waals surface area contributed by atoms with Crippen LogP contribution in [0.5, 0.6) is 0 Å². The van der Waals surface area contributed by atoms with Gasteiger partial charge in [-0.1, -0.05) is 60.7 Å². The number of ether oxygens (including phenoxy) is 7. The molecule has 3 aliphatic heterocycles. The summed E-state index contributed by atoms with van der Waals surface area (Å²) in [6.07, 6.45) is -3.82. The Hall–Kier alpha value is -3.02. The number of amides is 1. The van der Waals surface area contributed by atoms with E-state index >= 15 is 0 Å². The van der Waals surface area contributed by atoms with Crippen LogP contribution in [0.15, 0.2) is 60.7 Å². The van der Waals surface area contributed by atoms with E-state index in [0.717, 1.165) is 11.1 Å². The van der Waals surface area contributed by atoms with Gasteiger partial charge in [0, 0.05) is 6.42 Å². The Labute approximate surface area is 227 Å². The fourth-order valence-electron chi connectivity index (χ4n) is 5.01. The summed E-state index contributed by atoms with van der Waals surface area (Å²) in [5.41, 5.74) is 1.67. The van der Waals surface area contributed by atoms with E-state index in [2.05, 4.69) is 5.32 Å². The number of fused-ring (bicyclic) bond motifs is 1. The van der Waals surface area contributed by atoms with Crippen molar-refractivity contribution < 1.29 is 42.7 Å². The molecule has 1 amide bonds. The van der Waals surface area contributed by atoms with Crippen LogP contribution in [0, 0.1) is 0 Å². The summed E-state index contributed by atoms with van der Waals surface area (Å²) in [5.74, 6) is -2.35. The largest absolute Gasteiger partial charge is 0.445 e. The monoisotopic (exact) mass is 541 g/mol. The SMILES string of the molecule is CC1(C)OCC([C@@H]2O[C@@H](OC(=O)[C@H](Cc3ccccc3)NC(=O)OCc3ccccc3)[C@H]3OC(C)(C)O[C@H]32)O1. The Bertz CT molecular complexity index is 1140. The summed E-state index contributed by atoms with van der Waals surface area (Å²) in [6, 6.07) is 17.6. The third-order valence-corrected chi connectivity index (χ3v) is 6.75. The molecule has 1 N–H and O–H groups in total. The second kappa shape index (κ2) is 11.2. The van der Waals surface area contributed by atoms with Gasteiger partial charge in [-0.3, -0.25) is 0 Å². The lowest BCUT2D eigenvalue weighted by atomic mass is 10.1. The smallest absolute Gasteiger partial charge is 0.408 e. The highest BCUT2D eigenvalue weighted by atomic mass is 16.8. The van der Waals surface area contributed by atoms with Crippen LogP contribution in [0.2, 0.25) is 0 Å². The summed E-state index contributed by atoms with van der Waals surface area (Å²) in [6.45, 7) is 7.60. The zero-order chi connectivity index (χ0) is 27.6. The summed E-state index contributed by atoms with van der Waals surface area (Å²) < 4.78 is 41.2. The molecule has 5 rings (SSSR count). The molecule has 0 spiro atoms. The van der Waals surface area contributed by atoms with Crippen LogP contribution in [0.1, 0.15) is 38.8 Å². The molecular weight excluding hydrogens is 506 g/mol. The van der Waals surface area contributed by atoms with Crippen LogP contribution in [-0.2, 0) is 51.0 Å². The Morgan fingerprint density at radius 1 is 0.872 bits per heavy atom. The highest BCUT2D eigenvalue weighted by molar-refractivity contribution is 5.81. The molecule has 3 aliphatic rings. The first-order chi connectivity index (χ1) is 18.6. The number of benzene rings is 2. The van der Waals surface area contributed by atoms with Gasteiger partial charge in [-0.2, -0.15) is 0 Å². The van der Waals surface area contributed by atoms with Crippen LogP contribution in [0.25, 0.3) is 0 Å². The molecule has 39 heavy (non-hydrogen) atoms. The number of carbonyl (C=O) groups is 2. The maximum absolute atomic E-state index is 13.5. The van der Waals surface area contributed by atoms with Crippen molar-refractivity contribution in [2.75, 3.05) is 6.61 Å². The first kappa shape index (κ1) is 27.5. The first-order valence-corrected chi connectivity index (χ1v) is 13.1. The van der Waals surface area contributed by atoms with Crippen molar-refractivity contribution in [2.24, 2.45) is 0 Å². The van der Waals surface area contributed by atoms with Crippen LogP contribution < -0.4 is 5.32 Å². The number of nitrogens with one attached hydrogen (secondary N) is 1. The topological polar surface area (TPSA) is 111 Å². The van der Waals surface area contributed by atoms with Crippen molar-refractivity contribution in [3.8, 4) is 0 Å². The van der Waals surface area contributed by atoms with Crippen molar-refractivity contribution in [1.82, 2.24) is 5.32 Å². The molecule has 2 aromatic carbocycles. The third-order valence-electron chi connectivity index (χ3n) is 6.75. The minimum Gasteiger partial charge on any atom is -0.445 e. The lowest BCUT2D eigenvalue weighted by Gasteiger charge is -2.27. The minimum absolute atomic E-state index is 0.0665. The van der Waals surface area contributed by atoms with Gasteiger partial charge < -0.3 is 38.5 Å². The van der Waals surface area contributed by atoms with Crippen molar-refractivity contribution in [2.45, 2.75) is 89.0 Å². The van der Waals surface area contributed by atoms with Crippen LogP contribution in [0.4, 0.5) is 4.79 Å². The molecule has 3 fully saturated rings. The van der Waals surface area contributed by atoms with Crippen molar-refractivity contribution in [3.63, 3.8) is 0 Å². The van der Waals surface area contributed by atoms with Crippen LogP contribution in [-0.4, -0.2) is 67.0 Å². The standard InChI is InChI=1S/C29H35NO9/c1-28(2)34-17-21(37-28)22-23-24(39-29(3,4)38-23)26(35-22)36-25(31)20(15-18-11-7-5-8-12-18)30-27(32)33-16-19-13-9-6-10-14-19/h5-14,20-24,26H,15-17H2,1-4H3,(H,30,32)/t20-,21?,22-,23-,24-,26-/m0/s1. The molecule has 3 saturated heterocycles. The highest BCUT2D eigenvalue weighted by Gasteiger charge is 2.60. The number of rotatable bonds is 8. The van der Waals surface area contributed by atoms with E-state index in [9.17, 15) is 9.59 Å². The Morgan fingerprint density at radius 2 is 1.51 bits per heavy atom. The van der Waals surface area contributed by atoms with Crippen molar-refractivity contribution in [3.05, 3.63) is 71.8 Å². The van der Waals surface area contributed by atoms with Crippen molar-refractivity contribution in [1.29, 1.82) is 0 Å². The summed E-state index contributed by atoms with van der Waals surface area (Å²) >= 11 is 0. The van der Waals surface area contributed by atoms with Crippen LogP contribution >= 0.6 is 0 Å². The van der Waals surface area contributed by atoms with Gasteiger partial charge in [-0.25, -0.2) is 9.59 Å². The number of alkyl carbamates (subject to hydrolysis) is 1. The quantitative estimate of drug-likeness (QED) is 0.502. The molecule has 0 aromatic heterocycles. The van der Waals surface area contributed by atoms with Gasteiger partial charge in [0.2, 0.25) is 6.29 Å². The van der Waals surface area contributed by atoms with E-state index in [1.807, 2.05) is 74.5 Å². The zero-order valence-corrected chi connectivity index (χ0v) is 22.5. The summed E-state index contributed by atoms with van der Waals surface area (Å²) in [5, 5.41) is 2.65. The van der Waals surface area contributed by atoms with Gasteiger partial charge in [0.1, 0.15) is 31.0 Å². The van der Waals surface area contributed by atoms with E-state index in [-0.39, 0.29) is 13.0 Å². The number of hydrogen-bond acceptors (Lipinski definition) is 9. The summed E-state index contributed by atoms with van der Waals surface area (Å²) in [4.78, 5) is 26.1. The van der Waals surface area contributed by atoms with Gasteiger partial charge in [-0.15, -0.1) is 0 Å². The normalized spacial score (nSPS) is 29.4. The van der Waals surface area contributed by atoms with Gasteiger partial charge in [0.15, 0.2) is 17.7 Å². The Balaban J connectivity index is 1.28. The van der Waals surface area contributed by atoms with E-state index in [1.54, 1.807) is 13.8 Å². The third kappa shape index (κ3) is 6.77. The van der Waals surface area contributed by atoms with Gasteiger partial charge in [0.25, 0.3) is 0 Å². The fourth-order valence-corrected chi connectivity index (χ4v) is 5.01. The van der Waals surface area contributed by atoms with E-state index < -0.39 is 60.4 Å². The predicted molar refractivity (Wildman–Crippen MR) is 137 cm³/mol. The molecule has 0 radical (unpaired) electrons. The average molecular weight is 542 g/mol. The maximum Gasteiger partial charge on any atom is 0.408 e. The molecule has 0 bridgehead atoms. The molecular formula is C29H35NO9. The second-order valence-electron chi connectivity index (χ2n) is 10.8. The lowest BCUT2D eigenvalue weighted by Crippen LogP contribution is -2.46. The average Bonchev–Trinajstić information content (AvgIpc) is 3.53. The zero-order valence-electron chi connectivity index (χ0n) is 22.5. The molecule has 10 heteroatoms. The highest BCUT2D eigenvalue weighted by Crippen LogP contribution is 2.42. The van der Waals surface area contributed by atoms with Gasteiger partial charge >= 0.3 is 12.1 Å². The van der Waals surface area contributed by atoms with Crippen LogP contribution in [0.3, 0.4) is 0 Å². The molecule has 2 aromatic rings. The lowest BCUT2D eigenvalue weighted by molar-refractivity contribution is -0.245. The molecule has 1 unspecified atom stereocenters. The maximum atomic E-state index is 13.5. The molecule has 210 valence electrons. The number of esters is 1. The first-order valence-electron chi connectivity index (χ1n) is 13.1. The minimum atomic E-state index is -1.07. The Kier molecular flexibility index (Phi) is 7.93. The molecule has 3 heterocycles. The van der Waals surface area contributed by atoms with Crippen molar-refractivity contribution >= 4 is 12.1 Å². The predicted octanol–water partition coefficient (Wildman–Crippen LogP) is 3.46. The second-order valence-corrected chi connectivity index (χ2v) is 10.8. The Morgan fingerprint density at radius 3 is 2.15 bits per heavy atom. The molecule has 0 aliphatic carbocycles.